The average Bonchev–Trinajstić information content (AvgIpc) is 2.84. The van der Waals surface area contributed by atoms with Crippen molar-refractivity contribution in [2.45, 2.75) is 46.0 Å². The Hall–Kier alpha value is -1.31. The minimum atomic E-state index is -0.0363. The van der Waals surface area contributed by atoms with Crippen molar-refractivity contribution in [3.05, 3.63) is 35.8 Å². The molecule has 1 saturated carbocycles. The second-order valence-electron chi connectivity index (χ2n) is 6.60. The fraction of sp³-hybridized carbons (Fsp3) is 0.562. The molecule has 0 spiro atoms. The molecule has 1 aromatic rings. The first-order valence-corrected chi connectivity index (χ1v) is 6.74. The van der Waals surface area contributed by atoms with Crippen LogP contribution in [0.15, 0.2) is 34.7 Å². The molecular formula is C16H20O2. The maximum atomic E-state index is 12.4. The van der Waals surface area contributed by atoms with E-state index in [0.717, 1.165) is 12.0 Å². The molecule has 1 heterocycles. The highest BCUT2D eigenvalue weighted by atomic mass is 16.3. The van der Waals surface area contributed by atoms with Gasteiger partial charge < -0.3 is 4.42 Å². The summed E-state index contributed by atoms with van der Waals surface area (Å²) in [5, 5.41) is 0. The number of furan rings is 1. The van der Waals surface area contributed by atoms with E-state index in [-0.39, 0.29) is 22.5 Å². The molecule has 18 heavy (non-hydrogen) atoms. The third-order valence-corrected chi connectivity index (χ3v) is 4.93. The fourth-order valence-electron chi connectivity index (χ4n) is 4.11. The maximum Gasteiger partial charge on any atom is 0.164 e. The van der Waals surface area contributed by atoms with Gasteiger partial charge in [-0.3, -0.25) is 4.79 Å². The van der Waals surface area contributed by atoms with Crippen LogP contribution in [-0.4, -0.2) is 5.78 Å². The van der Waals surface area contributed by atoms with Gasteiger partial charge in [-0.05, 0) is 30.4 Å². The summed E-state index contributed by atoms with van der Waals surface area (Å²) in [7, 11) is 0. The highest BCUT2D eigenvalue weighted by molar-refractivity contribution is 6.00. The summed E-state index contributed by atoms with van der Waals surface area (Å²) >= 11 is 0. The zero-order valence-corrected chi connectivity index (χ0v) is 11.3. The standard InChI is InChI=1S/C16H20O2/c1-15(2)6-4-7-16(3)13(15)9-12(17)14(16)11-5-8-18-10-11/h5,8-10,14H,4,6-7H2,1-3H3/t14-,16-/m0/s1. The SMILES string of the molecule is CC1(C)CCC[C@@]2(C)C1=CC(=O)[C@@H]2c1ccoc1. The Bertz CT molecular complexity index is 507. The van der Waals surface area contributed by atoms with Gasteiger partial charge in [0.1, 0.15) is 0 Å². The first kappa shape index (κ1) is 11.8. The normalized spacial score (nSPS) is 34.3. The van der Waals surface area contributed by atoms with Crippen LogP contribution >= 0.6 is 0 Å². The van der Waals surface area contributed by atoms with Crippen molar-refractivity contribution in [3.8, 4) is 0 Å². The first-order valence-electron chi connectivity index (χ1n) is 6.74. The lowest BCUT2D eigenvalue weighted by molar-refractivity contribution is -0.117. The van der Waals surface area contributed by atoms with Crippen LogP contribution in [0.1, 0.15) is 51.5 Å². The zero-order chi connectivity index (χ0) is 13.0. The van der Waals surface area contributed by atoms with E-state index in [0.29, 0.717) is 0 Å². The van der Waals surface area contributed by atoms with Gasteiger partial charge in [0.2, 0.25) is 0 Å². The van der Waals surface area contributed by atoms with E-state index in [1.165, 1.54) is 18.4 Å². The summed E-state index contributed by atoms with van der Waals surface area (Å²) in [6.07, 6.45) is 8.78. The van der Waals surface area contributed by atoms with Gasteiger partial charge in [-0.2, -0.15) is 0 Å². The Morgan fingerprint density at radius 2 is 2.06 bits per heavy atom. The molecule has 0 aromatic carbocycles. The summed E-state index contributed by atoms with van der Waals surface area (Å²) in [5.41, 5.74) is 2.52. The third-order valence-electron chi connectivity index (χ3n) is 4.93. The zero-order valence-electron chi connectivity index (χ0n) is 11.3. The van der Waals surface area contributed by atoms with Gasteiger partial charge in [-0.1, -0.05) is 32.8 Å². The Labute approximate surface area is 108 Å². The van der Waals surface area contributed by atoms with Gasteiger partial charge in [0.25, 0.3) is 0 Å². The average molecular weight is 244 g/mol. The van der Waals surface area contributed by atoms with Gasteiger partial charge in [0.05, 0.1) is 18.4 Å². The van der Waals surface area contributed by atoms with E-state index >= 15 is 0 Å². The topological polar surface area (TPSA) is 30.2 Å². The minimum absolute atomic E-state index is 0.0112. The maximum absolute atomic E-state index is 12.4. The Balaban J connectivity index is 2.09. The molecule has 1 aromatic heterocycles. The number of fused-ring (bicyclic) bond motifs is 1. The molecule has 1 fully saturated rings. The Morgan fingerprint density at radius 1 is 1.28 bits per heavy atom. The molecule has 3 rings (SSSR count). The van der Waals surface area contributed by atoms with Crippen molar-refractivity contribution in [1.29, 1.82) is 0 Å². The van der Waals surface area contributed by atoms with E-state index < -0.39 is 0 Å². The molecule has 96 valence electrons. The molecule has 2 atom stereocenters. The number of hydrogen-bond acceptors (Lipinski definition) is 2. The lowest BCUT2D eigenvalue weighted by atomic mass is 9.58. The van der Waals surface area contributed by atoms with Crippen LogP contribution in [0.3, 0.4) is 0 Å². The van der Waals surface area contributed by atoms with Crippen LogP contribution < -0.4 is 0 Å². The van der Waals surface area contributed by atoms with Crippen LogP contribution in [0.25, 0.3) is 0 Å². The van der Waals surface area contributed by atoms with Crippen molar-refractivity contribution in [2.24, 2.45) is 10.8 Å². The summed E-state index contributed by atoms with van der Waals surface area (Å²) in [5.74, 6) is 0.217. The van der Waals surface area contributed by atoms with Crippen molar-refractivity contribution < 1.29 is 9.21 Å². The van der Waals surface area contributed by atoms with Crippen LogP contribution in [-0.2, 0) is 4.79 Å². The fourth-order valence-corrected chi connectivity index (χ4v) is 4.11. The molecule has 0 aliphatic heterocycles. The summed E-state index contributed by atoms with van der Waals surface area (Å²) in [6, 6.07) is 1.94. The van der Waals surface area contributed by atoms with Gasteiger partial charge >= 0.3 is 0 Å². The molecule has 0 unspecified atom stereocenters. The van der Waals surface area contributed by atoms with Gasteiger partial charge in [-0.15, -0.1) is 0 Å². The monoisotopic (exact) mass is 244 g/mol. The van der Waals surface area contributed by atoms with E-state index in [1.807, 2.05) is 12.1 Å². The Kier molecular flexibility index (Phi) is 2.35. The van der Waals surface area contributed by atoms with Crippen LogP contribution in [0, 0.1) is 10.8 Å². The van der Waals surface area contributed by atoms with Crippen molar-refractivity contribution >= 4 is 5.78 Å². The summed E-state index contributed by atoms with van der Waals surface area (Å²) in [4.78, 5) is 12.4. The molecule has 0 radical (unpaired) electrons. The van der Waals surface area contributed by atoms with Crippen molar-refractivity contribution in [1.82, 2.24) is 0 Å². The van der Waals surface area contributed by atoms with Crippen LogP contribution in [0.5, 0.6) is 0 Å². The first-order chi connectivity index (χ1) is 8.45. The number of carbonyl (C=O) groups excluding carboxylic acids is 1. The number of hydrogen-bond donors (Lipinski definition) is 0. The van der Waals surface area contributed by atoms with Crippen LogP contribution in [0.4, 0.5) is 0 Å². The summed E-state index contributed by atoms with van der Waals surface area (Å²) < 4.78 is 5.18. The smallest absolute Gasteiger partial charge is 0.164 e. The largest absolute Gasteiger partial charge is 0.472 e. The van der Waals surface area contributed by atoms with Gasteiger partial charge in [0, 0.05) is 11.0 Å². The third kappa shape index (κ3) is 1.44. The lowest BCUT2D eigenvalue weighted by Gasteiger charge is -2.45. The van der Waals surface area contributed by atoms with E-state index in [9.17, 15) is 4.79 Å². The molecule has 0 N–H and O–H groups in total. The molecule has 2 heteroatoms. The predicted molar refractivity (Wildman–Crippen MR) is 70.3 cm³/mol. The van der Waals surface area contributed by atoms with Crippen molar-refractivity contribution in [2.75, 3.05) is 0 Å². The second kappa shape index (κ2) is 3.59. The molecule has 0 saturated heterocycles. The predicted octanol–water partition coefficient (Wildman–Crippen LogP) is 4.09. The number of carbonyl (C=O) groups is 1. The molecule has 2 aliphatic carbocycles. The highest BCUT2D eigenvalue weighted by Gasteiger charge is 2.53. The van der Waals surface area contributed by atoms with Crippen LogP contribution in [0.2, 0.25) is 0 Å². The van der Waals surface area contributed by atoms with Crippen molar-refractivity contribution in [3.63, 3.8) is 0 Å². The molecule has 2 nitrogen and oxygen atoms in total. The molecular weight excluding hydrogens is 224 g/mol. The minimum Gasteiger partial charge on any atom is -0.472 e. The number of rotatable bonds is 1. The quantitative estimate of drug-likeness (QED) is 0.744. The van der Waals surface area contributed by atoms with E-state index in [1.54, 1.807) is 12.5 Å². The molecule has 0 bridgehead atoms. The summed E-state index contributed by atoms with van der Waals surface area (Å²) in [6.45, 7) is 6.78. The number of ketones is 1. The van der Waals surface area contributed by atoms with Gasteiger partial charge in [0.15, 0.2) is 5.78 Å². The van der Waals surface area contributed by atoms with Gasteiger partial charge in [-0.25, -0.2) is 0 Å². The second-order valence-corrected chi connectivity index (χ2v) is 6.60. The number of allylic oxidation sites excluding steroid dienone is 2. The van der Waals surface area contributed by atoms with E-state index in [2.05, 4.69) is 20.8 Å². The molecule has 0 amide bonds. The highest BCUT2D eigenvalue weighted by Crippen LogP contribution is 2.60. The Morgan fingerprint density at radius 3 is 2.72 bits per heavy atom. The molecule has 2 aliphatic rings. The lowest BCUT2D eigenvalue weighted by Crippen LogP contribution is -2.36. The van der Waals surface area contributed by atoms with E-state index in [4.69, 9.17) is 4.42 Å².